The molecule has 2 saturated carbocycles. The Morgan fingerprint density at radius 1 is 0.897 bits per heavy atom. The summed E-state index contributed by atoms with van der Waals surface area (Å²) in [5.74, 6) is 3.59. The quantitative estimate of drug-likeness (QED) is 0.284. The van der Waals surface area contributed by atoms with Crippen LogP contribution in [0.4, 0.5) is 0 Å². The molecular weight excluding hydrogens is 352 g/mol. The highest BCUT2D eigenvalue weighted by molar-refractivity contribution is 5.27. The Kier molecular flexibility index (Phi) is 9.31. The minimum Gasteiger partial charge on any atom is -0.377 e. The predicted molar refractivity (Wildman–Crippen MR) is 125 cm³/mol. The van der Waals surface area contributed by atoms with E-state index in [-0.39, 0.29) is 6.10 Å². The first-order valence-electron chi connectivity index (χ1n) is 12.5. The average Bonchev–Trinajstić information content (AvgIpc) is 2.79. The minimum atomic E-state index is 0.247. The molecule has 2 fully saturated rings. The Balaban J connectivity index is 1.32. The molecule has 0 N–H and O–H groups in total. The molecule has 0 bridgehead atoms. The predicted octanol–water partition coefficient (Wildman–Crippen LogP) is 8.61. The van der Waals surface area contributed by atoms with Gasteiger partial charge in [-0.25, -0.2) is 0 Å². The minimum absolute atomic E-state index is 0.247. The van der Waals surface area contributed by atoms with Crippen LogP contribution in [0.15, 0.2) is 36.9 Å². The summed E-state index contributed by atoms with van der Waals surface area (Å²) in [5.41, 5.74) is 2.87. The zero-order valence-corrected chi connectivity index (χ0v) is 19.1. The maximum Gasteiger partial charge on any atom is 0.0818 e. The van der Waals surface area contributed by atoms with Crippen molar-refractivity contribution in [3.8, 4) is 0 Å². The first kappa shape index (κ1) is 22.6. The van der Waals surface area contributed by atoms with Crippen LogP contribution in [0.1, 0.15) is 114 Å². The van der Waals surface area contributed by atoms with Gasteiger partial charge in [-0.3, -0.25) is 0 Å². The summed E-state index contributed by atoms with van der Waals surface area (Å²) in [4.78, 5) is 0. The summed E-state index contributed by atoms with van der Waals surface area (Å²) in [7, 11) is 1.82. The number of hydrogen-bond acceptors (Lipinski definition) is 1. The number of benzene rings is 1. The number of rotatable bonds is 10. The smallest absolute Gasteiger partial charge is 0.0818 e. The summed E-state index contributed by atoms with van der Waals surface area (Å²) in [5, 5.41) is 0. The Hall–Kier alpha value is -1.08. The van der Waals surface area contributed by atoms with E-state index in [0.717, 1.165) is 30.1 Å². The summed E-state index contributed by atoms with van der Waals surface area (Å²) >= 11 is 0. The molecule has 0 aromatic heterocycles. The molecule has 2 aliphatic rings. The van der Waals surface area contributed by atoms with Gasteiger partial charge in [-0.1, -0.05) is 62.9 Å². The summed E-state index contributed by atoms with van der Waals surface area (Å²) in [6, 6.07) is 9.31. The van der Waals surface area contributed by atoms with Gasteiger partial charge in [0.2, 0.25) is 0 Å². The van der Waals surface area contributed by atoms with Crippen LogP contribution in [0.2, 0.25) is 0 Å². The van der Waals surface area contributed by atoms with Crippen LogP contribution in [0.3, 0.4) is 0 Å². The molecule has 1 atom stereocenters. The fourth-order valence-corrected chi connectivity index (χ4v) is 5.88. The van der Waals surface area contributed by atoms with Crippen molar-refractivity contribution in [3.05, 3.63) is 48.0 Å². The topological polar surface area (TPSA) is 9.23 Å². The van der Waals surface area contributed by atoms with Gasteiger partial charge in [0.05, 0.1) is 6.10 Å². The first-order chi connectivity index (χ1) is 14.2. The lowest BCUT2D eigenvalue weighted by atomic mass is 9.76. The second-order valence-corrected chi connectivity index (χ2v) is 9.82. The molecule has 1 unspecified atom stereocenters. The SMILES string of the molecule is C=C[C@H]1CC[C@H](CCCC[C@H]2CC[C@H](c3ccc(C(CC)OC)cc3)CC2)CC1. The standard InChI is InChI=1S/C28H44O/c1-4-22-10-12-23(13-11-22)8-6-7-9-24-14-16-25(17-15-24)26-18-20-27(21-19-26)28(5-2)29-3/h4,18-25,28H,1,5-17H2,2-3H3/t22-,23-,24-,25-,28?. The van der Waals surface area contributed by atoms with Crippen LogP contribution in [0.25, 0.3) is 0 Å². The van der Waals surface area contributed by atoms with Crippen molar-refractivity contribution >= 4 is 0 Å². The molecule has 0 amide bonds. The molecule has 2 aliphatic carbocycles. The molecule has 0 saturated heterocycles. The molecule has 1 heteroatoms. The van der Waals surface area contributed by atoms with Crippen molar-refractivity contribution < 1.29 is 4.74 Å². The average molecular weight is 397 g/mol. The van der Waals surface area contributed by atoms with Crippen molar-refractivity contribution in [2.24, 2.45) is 17.8 Å². The van der Waals surface area contributed by atoms with Crippen LogP contribution < -0.4 is 0 Å². The van der Waals surface area contributed by atoms with Gasteiger partial charge in [0, 0.05) is 7.11 Å². The van der Waals surface area contributed by atoms with Gasteiger partial charge >= 0.3 is 0 Å². The summed E-state index contributed by atoms with van der Waals surface area (Å²) < 4.78 is 5.58. The van der Waals surface area contributed by atoms with Crippen LogP contribution in [0.5, 0.6) is 0 Å². The van der Waals surface area contributed by atoms with Gasteiger partial charge in [0.1, 0.15) is 0 Å². The van der Waals surface area contributed by atoms with Crippen LogP contribution >= 0.6 is 0 Å². The van der Waals surface area contributed by atoms with Gasteiger partial charge in [-0.15, -0.1) is 6.58 Å². The molecule has 3 rings (SSSR count). The molecule has 162 valence electrons. The molecule has 1 nitrogen and oxygen atoms in total. The van der Waals surface area contributed by atoms with E-state index >= 15 is 0 Å². The van der Waals surface area contributed by atoms with Gasteiger partial charge in [0.15, 0.2) is 0 Å². The molecular formula is C28H44O. The Morgan fingerprint density at radius 2 is 1.45 bits per heavy atom. The van der Waals surface area contributed by atoms with E-state index in [1.54, 1.807) is 5.56 Å². The molecule has 0 aliphatic heterocycles. The fourth-order valence-electron chi connectivity index (χ4n) is 5.88. The van der Waals surface area contributed by atoms with E-state index < -0.39 is 0 Å². The van der Waals surface area contributed by atoms with Crippen molar-refractivity contribution in [2.45, 2.75) is 102 Å². The Labute approximate surface area is 180 Å². The third-order valence-electron chi connectivity index (χ3n) is 7.98. The van der Waals surface area contributed by atoms with Gasteiger partial charge in [-0.05, 0) is 92.6 Å². The third-order valence-corrected chi connectivity index (χ3v) is 7.98. The van der Waals surface area contributed by atoms with Crippen LogP contribution in [-0.2, 0) is 4.74 Å². The van der Waals surface area contributed by atoms with Crippen molar-refractivity contribution in [1.82, 2.24) is 0 Å². The lowest BCUT2D eigenvalue weighted by Crippen LogP contribution is -2.14. The summed E-state index contributed by atoms with van der Waals surface area (Å²) in [6.07, 6.45) is 20.7. The van der Waals surface area contributed by atoms with Crippen molar-refractivity contribution in [2.75, 3.05) is 7.11 Å². The van der Waals surface area contributed by atoms with E-state index in [4.69, 9.17) is 4.74 Å². The summed E-state index contributed by atoms with van der Waals surface area (Å²) in [6.45, 7) is 6.17. The van der Waals surface area contributed by atoms with E-state index in [9.17, 15) is 0 Å². The van der Waals surface area contributed by atoms with Gasteiger partial charge in [0.25, 0.3) is 0 Å². The van der Waals surface area contributed by atoms with Crippen molar-refractivity contribution in [3.63, 3.8) is 0 Å². The highest BCUT2D eigenvalue weighted by Crippen LogP contribution is 2.39. The number of allylic oxidation sites excluding steroid dienone is 1. The number of methoxy groups -OCH3 is 1. The molecule has 29 heavy (non-hydrogen) atoms. The van der Waals surface area contributed by atoms with Crippen molar-refractivity contribution in [1.29, 1.82) is 0 Å². The molecule has 0 radical (unpaired) electrons. The molecule has 0 spiro atoms. The fraction of sp³-hybridized carbons (Fsp3) is 0.714. The Bertz CT molecular complexity index is 569. The van der Waals surface area contributed by atoms with E-state index in [1.165, 1.54) is 82.6 Å². The highest BCUT2D eigenvalue weighted by Gasteiger charge is 2.23. The zero-order valence-electron chi connectivity index (χ0n) is 19.1. The Morgan fingerprint density at radius 3 is 1.93 bits per heavy atom. The molecule has 0 heterocycles. The largest absolute Gasteiger partial charge is 0.377 e. The van der Waals surface area contributed by atoms with E-state index in [2.05, 4.69) is 43.8 Å². The second-order valence-electron chi connectivity index (χ2n) is 9.82. The van der Waals surface area contributed by atoms with E-state index in [1.807, 2.05) is 7.11 Å². The lowest BCUT2D eigenvalue weighted by molar-refractivity contribution is 0.100. The van der Waals surface area contributed by atoms with E-state index in [0.29, 0.717) is 0 Å². The normalized spacial score (nSPS) is 28.8. The number of hydrogen-bond donors (Lipinski definition) is 0. The van der Waals surface area contributed by atoms with Crippen LogP contribution in [-0.4, -0.2) is 7.11 Å². The molecule has 1 aromatic carbocycles. The monoisotopic (exact) mass is 396 g/mol. The first-order valence-corrected chi connectivity index (χ1v) is 12.5. The number of ether oxygens (including phenoxy) is 1. The van der Waals surface area contributed by atoms with Crippen LogP contribution in [0, 0.1) is 17.8 Å². The van der Waals surface area contributed by atoms with Gasteiger partial charge < -0.3 is 4.74 Å². The third kappa shape index (κ3) is 6.71. The number of unbranched alkanes of at least 4 members (excludes halogenated alkanes) is 1. The maximum atomic E-state index is 5.58. The zero-order chi connectivity index (χ0) is 20.5. The molecule has 1 aromatic rings. The van der Waals surface area contributed by atoms with Gasteiger partial charge in [-0.2, -0.15) is 0 Å². The lowest BCUT2D eigenvalue weighted by Gasteiger charge is -2.29. The second kappa shape index (κ2) is 11.9. The maximum absolute atomic E-state index is 5.58. The highest BCUT2D eigenvalue weighted by atomic mass is 16.5.